The number of nitro groups is 1. The summed E-state index contributed by atoms with van der Waals surface area (Å²) >= 11 is 8.07. The van der Waals surface area contributed by atoms with Crippen LogP contribution in [0.2, 0.25) is 4.34 Å². The lowest BCUT2D eigenvalue weighted by Crippen LogP contribution is -2.20. The van der Waals surface area contributed by atoms with Crippen LogP contribution in [-0.2, 0) is 9.53 Å². The molecule has 6 nitrogen and oxygen atoms in total. The van der Waals surface area contributed by atoms with Crippen molar-refractivity contribution in [3.8, 4) is 0 Å². The van der Waals surface area contributed by atoms with Gasteiger partial charge in [-0.3, -0.25) is 19.7 Å². The molecule has 0 aliphatic heterocycles. The predicted molar refractivity (Wildman–Crippen MR) is 93.0 cm³/mol. The molecular formula is C15H12ClNO5S2. The van der Waals surface area contributed by atoms with Gasteiger partial charge in [0.15, 0.2) is 6.61 Å². The van der Waals surface area contributed by atoms with Crippen molar-refractivity contribution in [1.29, 1.82) is 0 Å². The van der Waals surface area contributed by atoms with Crippen molar-refractivity contribution in [2.75, 3.05) is 6.61 Å². The van der Waals surface area contributed by atoms with Crippen LogP contribution in [0.3, 0.4) is 0 Å². The van der Waals surface area contributed by atoms with Crippen molar-refractivity contribution in [2.45, 2.75) is 17.1 Å². The normalized spacial score (nSPS) is 11.8. The van der Waals surface area contributed by atoms with Gasteiger partial charge < -0.3 is 4.74 Å². The minimum atomic E-state index is -0.550. The number of benzene rings is 1. The zero-order valence-corrected chi connectivity index (χ0v) is 14.8. The molecule has 0 aliphatic rings. The molecule has 0 radical (unpaired) electrons. The number of hydrogen-bond donors (Lipinski definition) is 0. The summed E-state index contributed by atoms with van der Waals surface area (Å²) in [5.41, 5.74) is -0.0187. The number of thiophene rings is 1. The fourth-order valence-electron chi connectivity index (χ4n) is 1.69. The molecule has 1 atom stereocenters. The summed E-state index contributed by atoms with van der Waals surface area (Å²) < 4.78 is 5.50. The summed E-state index contributed by atoms with van der Waals surface area (Å²) in [5.74, 6) is -0.845. The molecule has 1 aromatic heterocycles. The van der Waals surface area contributed by atoms with Crippen LogP contribution in [0.4, 0.5) is 5.69 Å². The number of non-ortho nitro benzene ring substituents is 1. The van der Waals surface area contributed by atoms with E-state index in [9.17, 15) is 19.7 Å². The number of carbonyl (C=O) groups is 2. The first-order valence-electron chi connectivity index (χ1n) is 6.73. The van der Waals surface area contributed by atoms with Crippen LogP contribution in [0.1, 0.15) is 16.6 Å². The highest BCUT2D eigenvalue weighted by molar-refractivity contribution is 8.00. The molecule has 0 amide bonds. The number of esters is 1. The Morgan fingerprint density at radius 3 is 2.50 bits per heavy atom. The summed E-state index contributed by atoms with van der Waals surface area (Å²) in [5, 5.41) is 10.0. The molecule has 0 bridgehead atoms. The van der Waals surface area contributed by atoms with E-state index in [0.717, 1.165) is 11.3 Å². The monoisotopic (exact) mass is 385 g/mol. The highest BCUT2D eigenvalue weighted by atomic mass is 35.5. The molecular weight excluding hydrogens is 374 g/mol. The number of ketones is 1. The van der Waals surface area contributed by atoms with Gasteiger partial charge in [0.1, 0.15) is 5.25 Å². The van der Waals surface area contributed by atoms with Gasteiger partial charge in [-0.25, -0.2) is 0 Å². The van der Waals surface area contributed by atoms with Crippen molar-refractivity contribution in [1.82, 2.24) is 0 Å². The molecule has 0 saturated carbocycles. The maximum atomic E-state index is 11.9. The van der Waals surface area contributed by atoms with Crippen molar-refractivity contribution in [3.63, 3.8) is 0 Å². The third-order valence-electron chi connectivity index (χ3n) is 2.89. The summed E-state index contributed by atoms with van der Waals surface area (Å²) in [7, 11) is 0. The van der Waals surface area contributed by atoms with Crippen LogP contribution < -0.4 is 0 Å². The van der Waals surface area contributed by atoms with E-state index in [2.05, 4.69) is 0 Å². The number of Topliss-reactive ketones (excluding diaryl/α,β-unsaturated/α-hetero) is 1. The lowest BCUT2D eigenvalue weighted by Gasteiger charge is -2.10. The van der Waals surface area contributed by atoms with Crippen molar-refractivity contribution >= 4 is 52.1 Å². The van der Waals surface area contributed by atoms with Gasteiger partial charge in [-0.1, -0.05) is 11.6 Å². The Kier molecular flexibility index (Phi) is 6.36. The topological polar surface area (TPSA) is 86.5 Å². The Hall–Kier alpha value is -1.90. The standard InChI is InChI=1S/C15H12ClNO5S2/c1-9(23-11-4-2-10(3-5-11)17(20)21)15(19)22-8-12(18)13-6-7-14(16)24-13/h2-7,9H,8H2,1H3/t9-/m0/s1. The SMILES string of the molecule is C[C@H](Sc1ccc([N+](=O)[O-])cc1)C(=O)OCC(=O)c1ccc(Cl)s1. The van der Waals surface area contributed by atoms with Crippen LogP contribution >= 0.6 is 34.7 Å². The van der Waals surface area contributed by atoms with Crippen LogP contribution in [0.25, 0.3) is 0 Å². The van der Waals surface area contributed by atoms with Crippen molar-refractivity contribution in [3.05, 3.63) is 55.7 Å². The zero-order chi connectivity index (χ0) is 17.7. The molecule has 0 spiro atoms. The number of carbonyl (C=O) groups excluding carboxylic acids is 2. The number of nitrogens with zero attached hydrogens (tertiary/aromatic N) is 1. The molecule has 1 aromatic carbocycles. The van der Waals surface area contributed by atoms with E-state index in [4.69, 9.17) is 16.3 Å². The second-order valence-corrected chi connectivity index (χ2v) is 7.78. The lowest BCUT2D eigenvalue weighted by molar-refractivity contribution is -0.384. The van der Waals surface area contributed by atoms with E-state index < -0.39 is 16.1 Å². The maximum Gasteiger partial charge on any atom is 0.319 e. The number of nitro benzene ring substituents is 1. The smallest absolute Gasteiger partial charge is 0.319 e. The fourth-order valence-corrected chi connectivity index (χ4v) is 3.52. The van der Waals surface area contributed by atoms with Crippen LogP contribution in [0.15, 0.2) is 41.3 Å². The number of ether oxygens (including phenoxy) is 1. The molecule has 24 heavy (non-hydrogen) atoms. The lowest BCUT2D eigenvalue weighted by atomic mass is 10.3. The zero-order valence-electron chi connectivity index (χ0n) is 12.4. The summed E-state index contributed by atoms with van der Waals surface area (Å²) in [6, 6.07) is 9.04. The molecule has 0 N–H and O–H groups in total. The Labute approximate surface area is 150 Å². The van der Waals surface area contributed by atoms with Gasteiger partial charge in [-0.2, -0.15) is 0 Å². The van der Waals surface area contributed by atoms with E-state index in [1.807, 2.05) is 0 Å². The van der Waals surface area contributed by atoms with E-state index in [0.29, 0.717) is 14.1 Å². The van der Waals surface area contributed by atoms with Crippen LogP contribution in [0, 0.1) is 10.1 Å². The number of halogens is 1. The summed E-state index contributed by atoms with van der Waals surface area (Å²) in [4.78, 5) is 35.0. The van der Waals surface area contributed by atoms with Gasteiger partial charge in [0.05, 0.1) is 14.1 Å². The van der Waals surface area contributed by atoms with Gasteiger partial charge in [0, 0.05) is 17.0 Å². The summed E-state index contributed by atoms with van der Waals surface area (Å²) in [6.45, 7) is 1.29. The molecule has 9 heteroatoms. The average molecular weight is 386 g/mol. The first-order valence-corrected chi connectivity index (χ1v) is 8.80. The number of rotatable bonds is 7. The second-order valence-electron chi connectivity index (χ2n) is 4.65. The van der Waals surface area contributed by atoms with E-state index in [1.54, 1.807) is 31.2 Å². The van der Waals surface area contributed by atoms with E-state index in [1.165, 1.54) is 23.9 Å². The Bertz CT molecular complexity index is 759. The quantitative estimate of drug-likeness (QED) is 0.233. The fraction of sp³-hybridized carbons (Fsp3) is 0.200. The molecule has 0 unspecified atom stereocenters. The highest BCUT2D eigenvalue weighted by Crippen LogP contribution is 2.26. The molecule has 2 aromatic rings. The third-order valence-corrected chi connectivity index (χ3v) is 5.25. The molecule has 2 rings (SSSR count). The summed E-state index contributed by atoms with van der Waals surface area (Å²) in [6.07, 6.45) is 0. The minimum absolute atomic E-state index is 0.0187. The largest absolute Gasteiger partial charge is 0.456 e. The van der Waals surface area contributed by atoms with Crippen molar-refractivity contribution in [2.24, 2.45) is 0 Å². The van der Waals surface area contributed by atoms with Crippen LogP contribution in [0.5, 0.6) is 0 Å². The first-order chi connectivity index (χ1) is 11.4. The second kappa shape index (κ2) is 8.27. The van der Waals surface area contributed by atoms with Gasteiger partial charge in [-0.15, -0.1) is 23.1 Å². The number of thioether (sulfide) groups is 1. The number of hydrogen-bond acceptors (Lipinski definition) is 7. The minimum Gasteiger partial charge on any atom is -0.456 e. The van der Waals surface area contributed by atoms with E-state index >= 15 is 0 Å². The highest BCUT2D eigenvalue weighted by Gasteiger charge is 2.19. The molecule has 0 saturated heterocycles. The maximum absolute atomic E-state index is 11.9. The van der Waals surface area contributed by atoms with Gasteiger partial charge in [0.2, 0.25) is 5.78 Å². The third kappa shape index (κ3) is 5.05. The predicted octanol–water partition coefficient (Wildman–Crippen LogP) is 4.22. The Balaban J connectivity index is 1.85. The first kappa shape index (κ1) is 18.4. The molecule has 126 valence electrons. The molecule has 1 heterocycles. The van der Waals surface area contributed by atoms with E-state index in [-0.39, 0.29) is 18.1 Å². The Morgan fingerprint density at radius 1 is 1.29 bits per heavy atom. The molecule has 0 fully saturated rings. The van der Waals surface area contributed by atoms with Gasteiger partial charge in [0.25, 0.3) is 5.69 Å². The van der Waals surface area contributed by atoms with Gasteiger partial charge >= 0.3 is 5.97 Å². The Morgan fingerprint density at radius 2 is 1.96 bits per heavy atom. The average Bonchev–Trinajstić information content (AvgIpc) is 2.99. The van der Waals surface area contributed by atoms with Crippen LogP contribution in [-0.4, -0.2) is 28.5 Å². The van der Waals surface area contributed by atoms with Crippen molar-refractivity contribution < 1.29 is 19.2 Å². The molecule has 0 aliphatic carbocycles. The van der Waals surface area contributed by atoms with Gasteiger partial charge in [-0.05, 0) is 31.2 Å².